The van der Waals surface area contributed by atoms with Crippen molar-refractivity contribution in [2.45, 2.75) is 12.5 Å². The molecule has 2 aromatic rings. The van der Waals surface area contributed by atoms with Crippen LogP contribution in [0.3, 0.4) is 0 Å². The number of hydrogen-bond donors (Lipinski definition) is 0. The van der Waals surface area contributed by atoms with Gasteiger partial charge in [-0.3, -0.25) is 0 Å². The van der Waals surface area contributed by atoms with Gasteiger partial charge in [0.25, 0.3) is 0 Å². The Labute approximate surface area is 123 Å². The van der Waals surface area contributed by atoms with Crippen LogP contribution in [0.4, 0.5) is 8.78 Å². The quantitative estimate of drug-likeness (QED) is 0.704. The molecule has 1 nitrogen and oxygen atoms in total. The Balaban J connectivity index is 2.12. The lowest BCUT2D eigenvalue weighted by Crippen LogP contribution is -1.99. The van der Waals surface area contributed by atoms with Crippen LogP contribution in [0.5, 0.6) is 5.75 Å². The van der Waals surface area contributed by atoms with E-state index in [0.29, 0.717) is 21.3 Å². The number of ether oxygens (including phenoxy) is 1. The average molecular weight is 348 g/mol. The summed E-state index contributed by atoms with van der Waals surface area (Å²) in [6.45, 7) is 0.0320. The molecule has 19 heavy (non-hydrogen) atoms. The summed E-state index contributed by atoms with van der Waals surface area (Å²) >= 11 is 8.82. The van der Waals surface area contributed by atoms with E-state index in [1.54, 1.807) is 18.2 Å². The van der Waals surface area contributed by atoms with E-state index in [2.05, 4.69) is 15.9 Å². The standard InChI is InChI=1S/C14H10BrClF2O/c15-11-2-1-10(14(18)5-11)8-19-13-4-9(7-16)3-12(17)6-13/h1-6H,7-8H2. The molecule has 0 aliphatic heterocycles. The van der Waals surface area contributed by atoms with Crippen molar-refractivity contribution in [3.63, 3.8) is 0 Å². The van der Waals surface area contributed by atoms with Crippen molar-refractivity contribution >= 4 is 27.5 Å². The molecule has 0 spiro atoms. The van der Waals surface area contributed by atoms with Gasteiger partial charge in [-0.1, -0.05) is 22.0 Å². The fraction of sp³-hybridized carbons (Fsp3) is 0.143. The van der Waals surface area contributed by atoms with E-state index >= 15 is 0 Å². The molecule has 0 N–H and O–H groups in total. The first-order chi connectivity index (χ1) is 9.08. The third-order valence-electron chi connectivity index (χ3n) is 2.49. The molecule has 0 radical (unpaired) electrons. The van der Waals surface area contributed by atoms with Gasteiger partial charge in [0.15, 0.2) is 0 Å². The van der Waals surface area contributed by atoms with E-state index < -0.39 is 5.82 Å². The van der Waals surface area contributed by atoms with Gasteiger partial charge in [0.1, 0.15) is 24.0 Å². The van der Waals surface area contributed by atoms with Gasteiger partial charge in [-0.05, 0) is 29.8 Å². The smallest absolute Gasteiger partial charge is 0.130 e. The van der Waals surface area contributed by atoms with E-state index in [9.17, 15) is 8.78 Å². The highest BCUT2D eigenvalue weighted by molar-refractivity contribution is 9.10. The summed E-state index contributed by atoms with van der Waals surface area (Å²) in [5.74, 6) is -0.272. The van der Waals surface area contributed by atoms with Gasteiger partial charge in [0.05, 0.1) is 0 Å². The molecule has 0 aliphatic carbocycles. The largest absolute Gasteiger partial charge is 0.489 e. The molecule has 0 heterocycles. The Kier molecular flexibility index (Phi) is 4.77. The van der Waals surface area contributed by atoms with Gasteiger partial charge >= 0.3 is 0 Å². The summed E-state index contributed by atoms with van der Waals surface area (Å²) in [6, 6.07) is 8.90. The first kappa shape index (κ1) is 14.3. The van der Waals surface area contributed by atoms with Crippen LogP contribution in [-0.2, 0) is 12.5 Å². The molecule has 2 aromatic carbocycles. The van der Waals surface area contributed by atoms with Gasteiger partial charge in [0, 0.05) is 22.0 Å². The zero-order chi connectivity index (χ0) is 13.8. The fourth-order valence-electron chi connectivity index (χ4n) is 1.58. The molecule has 0 amide bonds. The Morgan fingerprint density at radius 2 is 1.89 bits per heavy atom. The molecule has 0 bridgehead atoms. The van der Waals surface area contributed by atoms with E-state index in [4.69, 9.17) is 16.3 Å². The lowest BCUT2D eigenvalue weighted by Gasteiger charge is -2.09. The van der Waals surface area contributed by atoms with Crippen molar-refractivity contribution in [3.05, 3.63) is 63.6 Å². The number of hydrogen-bond acceptors (Lipinski definition) is 1. The monoisotopic (exact) mass is 346 g/mol. The minimum Gasteiger partial charge on any atom is -0.489 e. The van der Waals surface area contributed by atoms with Crippen LogP contribution in [-0.4, -0.2) is 0 Å². The summed E-state index contributed by atoms with van der Waals surface area (Å²) in [5, 5.41) is 0. The normalized spacial score (nSPS) is 10.5. The van der Waals surface area contributed by atoms with Crippen LogP contribution in [0.25, 0.3) is 0 Å². The first-order valence-electron chi connectivity index (χ1n) is 5.50. The molecular formula is C14H10BrClF2O. The second kappa shape index (κ2) is 6.35. The summed E-state index contributed by atoms with van der Waals surface area (Å²) in [6.07, 6.45) is 0. The summed E-state index contributed by atoms with van der Waals surface area (Å²) in [4.78, 5) is 0. The van der Waals surface area contributed by atoms with E-state index in [1.807, 2.05) is 0 Å². The molecule has 0 fully saturated rings. The number of alkyl halides is 1. The maximum Gasteiger partial charge on any atom is 0.130 e. The molecule has 0 saturated carbocycles. The van der Waals surface area contributed by atoms with Gasteiger partial charge < -0.3 is 4.74 Å². The topological polar surface area (TPSA) is 9.23 Å². The highest BCUT2D eigenvalue weighted by Crippen LogP contribution is 2.21. The van der Waals surface area contributed by atoms with Gasteiger partial charge in [-0.25, -0.2) is 8.78 Å². The Morgan fingerprint density at radius 3 is 2.58 bits per heavy atom. The first-order valence-corrected chi connectivity index (χ1v) is 6.83. The average Bonchev–Trinajstić information content (AvgIpc) is 2.37. The number of benzene rings is 2. The van der Waals surface area contributed by atoms with Crippen LogP contribution in [0, 0.1) is 11.6 Å². The predicted molar refractivity (Wildman–Crippen MR) is 74.4 cm³/mol. The Hall–Kier alpha value is -1.13. The third kappa shape index (κ3) is 3.91. The molecule has 0 atom stereocenters. The van der Waals surface area contributed by atoms with E-state index in [0.717, 1.165) is 0 Å². The van der Waals surface area contributed by atoms with Crippen molar-refractivity contribution < 1.29 is 13.5 Å². The molecule has 0 unspecified atom stereocenters. The summed E-state index contributed by atoms with van der Waals surface area (Å²) < 4.78 is 32.9. The minimum absolute atomic E-state index is 0.0320. The van der Waals surface area contributed by atoms with Gasteiger partial charge in [0.2, 0.25) is 0 Å². The fourth-order valence-corrected chi connectivity index (χ4v) is 2.07. The molecule has 0 saturated heterocycles. The lowest BCUT2D eigenvalue weighted by atomic mass is 10.2. The van der Waals surface area contributed by atoms with Crippen LogP contribution in [0.1, 0.15) is 11.1 Å². The molecule has 100 valence electrons. The SMILES string of the molecule is Fc1cc(CCl)cc(OCc2ccc(Br)cc2F)c1. The highest BCUT2D eigenvalue weighted by Gasteiger charge is 2.05. The van der Waals surface area contributed by atoms with E-state index in [1.165, 1.54) is 18.2 Å². The third-order valence-corrected chi connectivity index (χ3v) is 3.30. The second-order valence-corrected chi connectivity index (χ2v) is 5.14. The van der Waals surface area contributed by atoms with Crippen LogP contribution in [0.15, 0.2) is 40.9 Å². The maximum atomic E-state index is 13.6. The minimum atomic E-state index is -0.426. The number of halogens is 4. The number of rotatable bonds is 4. The Morgan fingerprint density at radius 1 is 1.11 bits per heavy atom. The molecule has 5 heteroatoms. The van der Waals surface area contributed by atoms with E-state index in [-0.39, 0.29) is 18.3 Å². The van der Waals surface area contributed by atoms with Crippen molar-refractivity contribution in [2.24, 2.45) is 0 Å². The molecule has 0 aromatic heterocycles. The molecule has 2 rings (SSSR count). The summed E-state index contributed by atoms with van der Waals surface area (Å²) in [5.41, 5.74) is 1.02. The maximum absolute atomic E-state index is 13.6. The predicted octanol–water partition coefficient (Wildman–Crippen LogP) is 5.05. The summed E-state index contributed by atoms with van der Waals surface area (Å²) in [7, 11) is 0. The van der Waals surface area contributed by atoms with Crippen molar-refractivity contribution in [1.29, 1.82) is 0 Å². The van der Waals surface area contributed by atoms with Crippen molar-refractivity contribution in [1.82, 2.24) is 0 Å². The molecular weight excluding hydrogens is 338 g/mol. The van der Waals surface area contributed by atoms with Crippen LogP contribution in [0.2, 0.25) is 0 Å². The van der Waals surface area contributed by atoms with Crippen LogP contribution < -0.4 is 4.74 Å². The lowest BCUT2D eigenvalue weighted by molar-refractivity contribution is 0.298. The van der Waals surface area contributed by atoms with Crippen molar-refractivity contribution in [2.75, 3.05) is 0 Å². The highest BCUT2D eigenvalue weighted by atomic mass is 79.9. The second-order valence-electron chi connectivity index (χ2n) is 3.95. The molecule has 0 aliphatic rings. The van der Waals surface area contributed by atoms with Crippen LogP contribution >= 0.6 is 27.5 Å². The zero-order valence-corrected chi connectivity index (χ0v) is 12.1. The van der Waals surface area contributed by atoms with Gasteiger partial charge in [-0.2, -0.15) is 0 Å². The van der Waals surface area contributed by atoms with Crippen molar-refractivity contribution in [3.8, 4) is 5.75 Å². The Bertz CT molecular complexity index is 590. The zero-order valence-electron chi connectivity index (χ0n) is 9.80. The van der Waals surface area contributed by atoms with Gasteiger partial charge in [-0.15, -0.1) is 11.6 Å².